The first-order valence-electron chi connectivity index (χ1n) is 14.4. The monoisotopic (exact) mass is 533 g/mol. The predicted octanol–water partition coefficient (Wildman–Crippen LogP) is 11.2. The van der Waals surface area contributed by atoms with E-state index in [1.165, 1.54) is 65.7 Å². The van der Waals surface area contributed by atoms with E-state index in [9.17, 15) is 0 Å². The highest BCUT2D eigenvalue weighted by atomic mass is 14.7. The van der Waals surface area contributed by atoms with Gasteiger partial charge in [0, 0.05) is 11.8 Å². The van der Waals surface area contributed by atoms with Gasteiger partial charge in [-0.1, -0.05) is 146 Å². The van der Waals surface area contributed by atoms with Gasteiger partial charge >= 0.3 is 0 Å². The first-order chi connectivity index (χ1) is 20.9. The predicted molar refractivity (Wildman–Crippen MR) is 178 cm³/mol. The van der Waals surface area contributed by atoms with Crippen molar-refractivity contribution in [2.24, 2.45) is 0 Å². The van der Waals surface area contributed by atoms with Crippen LogP contribution in [0.25, 0.3) is 77.0 Å². The Balaban J connectivity index is 1.55. The summed E-state index contributed by atoms with van der Waals surface area (Å²) in [6.45, 7) is 0. The number of fused-ring (bicyclic) bond motifs is 6. The third-order valence-electron chi connectivity index (χ3n) is 8.34. The molecular weight excluding hydrogens is 506 g/mol. The second-order valence-corrected chi connectivity index (χ2v) is 10.7. The Labute approximate surface area is 245 Å². The Hall–Kier alpha value is -5.53. The molecule has 196 valence electrons. The highest BCUT2D eigenvalue weighted by molar-refractivity contribution is 6.29. The number of aromatic nitrogens is 1. The van der Waals surface area contributed by atoms with Gasteiger partial charge in [0.2, 0.25) is 0 Å². The number of hydrogen-bond donors (Lipinski definition) is 0. The Morgan fingerprint density at radius 1 is 0.310 bits per heavy atom. The fraction of sp³-hybridized carbons (Fsp3) is 0. The second-order valence-electron chi connectivity index (χ2n) is 10.7. The number of nitrogens with zero attached hydrogens (tertiary/aromatic N) is 1. The Morgan fingerprint density at radius 2 is 0.810 bits per heavy atom. The van der Waals surface area contributed by atoms with Crippen molar-refractivity contribution in [2.75, 3.05) is 0 Å². The summed E-state index contributed by atoms with van der Waals surface area (Å²) < 4.78 is 0. The summed E-state index contributed by atoms with van der Waals surface area (Å²) in [5.74, 6) is 0. The zero-order valence-corrected chi connectivity index (χ0v) is 23.0. The average Bonchev–Trinajstić information content (AvgIpc) is 3.08. The number of rotatable bonds is 4. The van der Waals surface area contributed by atoms with Crippen molar-refractivity contribution in [3.8, 4) is 44.6 Å². The first kappa shape index (κ1) is 24.3. The Morgan fingerprint density at radius 3 is 1.52 bits per heavy atom. The molecule has 0 N–H and O–H groups in total. The smallest absolute Gasteiger partial charge is 0.0708 e. The molecule has 42 heavy (non-hydrogen) atoms. The molecule has 0 aliphatic carbocycles. The van der Waals surface area contributed by atoms with Crippen LogP contribution in [0.4, 0.5) is 0 Å². The molecule has 8 rings (SSSR count). The largest absolute Gasteiger partial charge is 0.256 e. The molecule has 1 heteroatoms. The molecule has 1 aromatic heterocycles. The van der Waals surface area contributed by atoms with Gasteiger partial charge in [0.1, 0.15) is 0 Å². The molecule has 0 amide bonds. The van der Waals surface area contributed by atoms with E-state index in [2.05, 4.69) is 152 Å². The lowest BCUT2D eigenvalue weighted by molar-refractivity contribution is 1.33. The molecule has 0 bridgehead atoms. The van der Waals surface area contributed by atoms with E-state index in [1.807, 2.05) is 12.3 Å². The minimum Gasteiger partial charge on any atom is -0.256 e. The van der Waals surface area contributed by atoms with Crippen molar-refractivity contribution < 1.29 is 0 Å². The molecule has 0 radical (unpaired) electrons. The van der Waals surface area contributed by atoms with Gasteiger partial charge in [-0.15, -0.1) is 0 Å². The van der Waals surface area contributed by atoms with Crippen LogP contribution in [0.3, 0.4) is 0 Å². The molecule has 0 spiro atoms. The molecule has 0 saturated heterocycles. The molecule has 0 saturated carbocycles. The fourth-order valence-corrected chi connectivity index (χ4v) is 6.55. The lowest BCUT2D eigenvalue weighted by atomic mass is 9.83. The number of benzene rings is 7. The van der Waals surface area contributed by atoms with Crippen LogP contribution < -0.4 is 0 Å². The summed E-state index contributed by atoms with van der Waals surface area (Å²) in [4.78, 5) is 4.84. The molecule has 0 aliphatic heterocycles. The normalized spacial score (nSPS) is 11.3. The van der Waals surface area contributed by atoms with Gasteiger partial charge in [-0.3, -0.25) is 4.98 Å². The van der Waals surface area contributed by atoms with Crippen LogP contribution in [0.15, 0.2) is 164 Å². The molecule has 7 aromatic carbocycles. The third kappa shape index (κ3) is 3.90. The van der Waals surface area contributed by atoms with E-state index in [4.69, 9.17) is 4.98 Å². The van der Waals surface area contributed by atoms with Gasteiger partial charge < -0.3 is 0 Å². The summed E-state index contributed by atoms with van der Waals surface area (Å²) in [6, 6.07) is 56.6. The van der Waals surface area contributed by atoms with E-state index in [0.717, 1.165) is 11.3 Å². The summed E-state index contributed by atoms with van der Waals surface area (Å²) in [5, 5.41) is 7.63. The topological polar surface area (TPSA) is 12.9 Å². The average molecular weight is 534 g/mol. The number of pyridine rings is 1. The van der Waals surface area contributed by atoms with Crippen molar-refractivity contribution >= 4 is 32.3 Å². The molecule has 8 aromatic rings. The fourth-order valence-electron chi connectivity index (χ4n) is 6.55. The third-order valence-corrected chi connectivity index (χ3v) is 8.34. The summed E-state index contributed by atoms with van der Waals surface area (Å²) in [6.07, 6.45) is 1.88. The minimum atomic E-state index is 0.966. The van der Waals surface area contributed by atoms with E-state index >= 15 is 0 Å². The van der Waals surface area contributed by atoms with E-state index < -0.39 is 0 Å². The maximum atomic E-state index is 4.84. The molecule has 0 aliphatic rings. The van der Waals surface area contributed by atoms with Crippen molar-refractivity contribution in [3.63, 3.8) is 0 Å². The Kier molecular flexibility index (Phi) is 5.86. The maximum absolute atomic E-state index is 4.84. The molecule has 0 unspecified atom stereocenters. The van der Waals surface area contributed by atoms with Crippen molar-refractivity contribution in [2.45, 2.75) is 0 Å². The molecular formula is C41H27N. The van der Waals surface area contributed by atoms with Crippen LogP contribution in [-0.2, 0) is 0 Å². The van der Waals surface area contributed by atoms with Crippen LogP contribution in [0.2, 0.25) is 0 Å². The summed E-state index contributed by atoms with van der Waals surface area (Å²) in [5.41, 5.74) is 9.33. The van der Waals surface area contributed by atoms with Gasteiger partial charge in [0.25, 0.3) is 0 Å². The van der Waals surface area contributed by atoms with Gasteiger partial charge in [-0.25, -0.2) is 0 Å². The maximum Gasteiger partial charge on any atom is 0.0708 e. The van der Waals surface area contributed by atoms with Gasteiger partial charge in [0.05, 0.1) is 5.69 Å². The van der Waals surface area contributed by atoms with E-state index in [-0.39, 0.29) is 0 Å². The highest BCUT2D eigenvalue weighted by Crippen LogP contribution is 2.47. The lowest BCUT2D eigenvalue weighted by Crippen LogP contribution is -1.95. The standard InChI is InChI=1S/C41H27N/c1-2-14-28(15-3-1)29-16-4-5-17-30(29)35-22-12-24-37(39-26-10-11-27-42-39)41(35)38-25-13-23-36-33-19-7-6-18-31(33)32-20-8-9-21-34(32)40(36)38/h1-27H. The second kappa shape index (κ2) is 10.1. The summed E-state index contributed by atoms with van der Waals surface area (Å²) in [7, 11) is 0. The van der Waals surface area contributed by atoms with E-state index in [1.54, 1.807) is 0 Å². The quantitative estimate of drug-likeness (QED) is 0.205. The van der Waals surface area contributed by atoms with Gasteiger partial charge in [-0.05, 0) is 77.8 Å². The lowest BCUT2D eigenvalue weighted by Gasteiger charge is -2.21. The van der Waals surface area contributed by atoms with Gasteiger partial charge in [0.15, 0.2) is 0 Å². The molecule has 0 fully saturated rings. The van der Waals surface area contributed by atoms with Crippen molar-refractivity contribution in [1.82, 2.24) is 4.98 Å². The van der Waals surface area contributed by atoms with E-state index in [0.29, 0.717) is 0 Å². The summed E-state index contributed by atoms with van der Waals surface area (Å²) >= 11 is 0. The zero-order valence-electron chi connectivity index (χ0n) is 23.0. The molecule has 1 heterocycles. The molecule has 0 atom stereocenters. The zero-order chi connectivity index (χ0) is 27.9. The van der Waals surface area contributed by atoms with Crippen LogP contribution >= 0.6 is 0 Å². The minimum absolute atomic E-state index is 0.966. The van der Waals surface area contributed by atoms with Crippen LogP contribution in [0.5, 0.6) is 0 Å². The van der Waals surface area contributed by atoms with Crippen LogP contribution in [0, 0.1) is 0 Å². The molecule has 1 nitrogen and oxygen atoms in total. The SMILES string of the molecule is c1ccc(-c2ccccc2-c2cccc(-c3ccccn3)c2-c2cccc3c4ccccc4c4ccccc4c23)cc1. The first-order valence-corrected chi connectivity index (χ1v) is 14.4. The Bertz CT molecular complexity index is 2190. The number of hydrogen-bond acceptors (Lipinski definition) is 1. The van der Waals surface area contributed by atoms with Crippen LogP contribution in [-0.4, -0.2) is 4.98 Å². The van der Waals surface area contributed by atoms with Crippen LogP contribution in [0.1, 0.15) is 0 Å². The van der Waals surface area contributed by atoms with Gasteiger partial charge in [-0.2, -0.15) is 0 Å². The van der Waals surface area contributed by atoms with Crippen molar-refractivity contribution in [1.29, 1.82) is 0 Å². The highest BCUT2D eigenvalue weighted by Gasteiger charge is 2.21. The van der Waals surface area contributed by atoms with Crippen molar-refractivity contribution in [3.05, 3.63) is 164 Å².